The molecule has 0 aliphatic carbocycles. The second-order valence-electron chi connectivity index (χ2n) is 3.64. The summed E-state index contributed by atoms with van der Waals surface area (Å²) in [6, 6.07) is 9.33. The van der Waals surface area contributed by atoms with Crippen molar-refractivity contribution in [3.05, 3.63) is 65.4 Å². The van der Waals surface area contributed by atoms with Crippen LogP contribution in [0, 0.1) is 0 Å². The molecule has 18 heavy (non-hydrogen) atoms. The zero-order chi connectivity index (χ0) is 13.1. The number of rotatable bonds is 3. The Labute approximate surface area is 114 Å². The summed E-state index contributed by atoms with van der Waals surface area (Å²) in [6.07, 6.45) is 2.85. The summed E-state index contributed by atoms with van der Waals surface area (Å²) < 4.78 is 5.78. The van der Waals surface area contributed by atoms with E-state index in [9.17, 15) is 4.79 Å². The lowest BCUT2D eigenvalue weighted by Gasteiger charge is -2.09. The molecule has 0 amide bonds. The lowest BCUT2D eigenvalue weighted by molar-refractivity contribution is 0.0666. The van der Waals surface area contributed by atoms with E-state index in [-0.39, 0.29) is 0 Å². The van der Waals surface area contributed by atoms with Crippen LogP contribution >= 0.6 is 15.9 Å². The van der Waals surface area contributed by atoms with E-state index in [0.717, 1.165) is 27.1 Å². The maximum absolute atomic E-state index is 11.9. The van der Waals surface area contributed by atoms with Crippen LogP contribution < -0.4 is 0 Å². The first-order valence-electron chi connectivity index (χ1n) is 5.34. The molecule has 0 aliphatic rings. The molecule has 0 N–H and O–H groups in total. The van der Waals surface area contributed by atoms with E-state index in [1.165, 1.54) is 0 Å². The molecule has 3 heteroatoms. The van der Waals surface area contributed by atoms with Crippen LogP contribution in [0.15, 0.2) is 54.2 Å². The number of ether oxygens (including phenoxy) is 1. The molecule has 0 aliphatic heterocycles. The first-order chi connectivity index (χ1) is 8.69. The summed E-state index contributed by atoms with van der Waals surface area (Å²) in [5.41, 5.74) is 1.40. The van der Waals surface area contributed by atoms with Crippen molar-refractivity contribution >= 4 is 38.7 Å². The molecule has 0 spiro atoms. The van der Waals surface area contributed by atoms with Gasteiger partial charge in [0.25, 0.3) is 0 Å². The lowest BCUT2D eigenvalue weighted by Crippen LogP contribution is -2.02. The highest BCUT2D eigenvalue weighted by atomic mass is 79.9. The molecule has 0 saturated carbocycles. The van der Waals surface area contributed by atoms with Gasteiger partial charge in [-0.2, -0.15) is 0 Å². The number of hydrogen-bond acceptors (Lipinski definition) is 2. The number of halogens is 1. The highest BCUT2D eigenvalue weighted by molar-refractivity contribution is 9.10. The minimum absolute atomic E-state index is 0.420. The fourth-order valence-corrected chi connectivity index (χ4v) is 2.34. The highest BCUT2D eigenvalue weighted by Crippen LogP contribution is 2.30. The Morgan fingerprint density at radius 2 is 2.00 bits per heavy atom. The standard InChI is InChI=1S/C15H11BrO2/c1-3-10-6-5-7-11-13(16)9-8-12(14(10)11)15(17)18-4-2/h3-9H,1-2H2. The molecule has 0 fully saturated rings. The van der Waals surface area contributed by atoms with Crippen LogP contribution in [0.25, 0.3) is 16.8 Å². The van der Waals surface area contributed by atoms with Gasteiger partial charge >= 0.3 is 5.97 Å². The number of carbonyl (C=O) groups excluding carboxylic acids is 1. The van der Waals surface area contributed by atoms with Crippen LogP contribution in [0.5, 0.6) is 0 Å². The molecule has 0 radical (unpaired) electrons. The molecule has 0 aromatic heterocycles. The van der Waals surface area contributed by atoms with Crippen molar-refractivity contribution in [1.82, 2.24) is 0 Å². The SMILES string of the molecule is C=COC(=O)c1ccc(Br)c2cccc(C=C)c12. The van der Waals surface area contributed by atoms with Crippen molar-refractivity contribution in [1.29, 1.82) is 0 Å². The molecule has 0 atom stereocenters. The van der Waals surface area contributed by atoms with E-state index in [1.807, 2.05) is 24.3 Å². The number of esters is 1. The second kappa shape index (κ2) is 5.19. The molecule has 2 nitrogen and oxygen atoms in total. The molecule has 0 bridgehead atoms. The van der Waals surface area contributed by atoms with Crippen molar-refractivity contribution in [2.45, 2.75) is 0 Å². The van der Waals surface area contributed by atoms with Gasteiger partial charge < -0.3 is 4.74 Å². The monoisotopic (exact) mass is 302 g/mol. The average Bonchev–Trinajstić information content (AvgIpc) is 2.39. The smallest absolute Gasteiger partial charge is 0.343 e. The first-order valence-corrected chi connectivity index (χ1v) is 6.14. The van der Waals surface area contributed by atoms with Crippen molar-refractivity contribution in [2.24, 2.45) is 0 Å². The normalized spacial score (nSPS) is 10.1. The molecule has 90 valence electrons. The van der Waals surface area contributed by atoms with E-state index in [1.54, 1.807) is 12.1 Å². The third-order valence-electron chi connectivity index (χ3n) is 2.65. The molecule has 0 unspecified atom stereocenters. The Morgan fingerprint density at radius 1 is 1.22 bits per heavy atom. The van der Waals surface area contributed by atoms with Gasteiger partial charge in [-0.15, -0.1) is 0 Å². The molecular formula is C15H11BrO2. The fraction of sp³-hybridized carbons (Fsp3) is 0. The number of carbonyl (C=O) groups is 1. The lowest BCUT2D eigenvalue weighted by atomic mass is 9.99. The predicted molar refractivity (Wildman–Crippen MR) is 77.4 cm³/mol. The first kappa shape index (κ1) is 12.6. The second-order valence-corrected chi connectivity index (χ2v) is 4.50. The third-order valence-corrected chi connectivity index (χ3v) is 3.34. The van der Waals surface area contributed by atoms with Crippen molar-refractivity contribution in [3.8, 4) is 0 Å². The summed E-state index contributed by atoms with van der Waals surface area (Å²) in [5, 5.41) is 1.78. The third kappa shape index (κ3) is 2.09. The van der Waals surface area contributed by atoms with E-state index in [4.69, 9.17) is 4.74 Å². The predicted octanol–water partition coefficient (Wildman–Crippen LogP) is 4.55. The van der Waals surface area contributed by atoms with E-state index >= 15 is 0 Å². The number of fused-ring (bicyclic) bond motifs is 1. The topological polar surface area (TPSA) is 26.3 Å². The Hall–Kier alpha value is -1.87. The van der Waals surface area contributed by atoms with Crippen molar-refractivity contribution in [2.75, 3.05) is 0 Å². The van der Waals surface area contributed by atoms with Crippen LogP contribution in [-0.4, -0.2) is 5.97 Å². The zero-order valence-electron chi connectivity index (χ0n) is 9.65. The van der Waals surface area contributed by atoms with Crippen molar-refractivity contribution in [3.63, 3.8) is 0 Å². The van der Waals surface area contributed by atoms with Gasteiger partial charge in [0.1, 0.15) is 0 Å². The molecule has 2 aromatic rings. The minimum Gasteiger partial charge on any atom is -0.432 e. The Morgan fingerprint density at radius 3 is 2.67 bits per heavy atom. The van der Waals surface area contributed by atoms with Crippen molar-refractivity contribution < 1.29 is 9.53 Å². The average molecular weight is 303 g/mol. The summed E-state index contributed by atoms with van der Waals surface area (Å²) in [6.45, 7) is 7.16. The maximum Gasteiger partial charge on any atom is 0.343 e. The van der Waals surface area contributed by atoms with Gasteiger partial charge in [0.15, 0.2) is 0 Å². The quantitative estimate of drug-likeness (QED) is 0.614. The zero-order valence-corrected chi connectivity index (χ0v) is 11.2. The summed E-state index contributed by atoms with van der Waals surface area (Å²) in [7, 11) is 0. The molecule has 0 saturated heterocycles. The van der Waals surface area contributed by atoms with Gasteiger partial charge in [0, 0.05) is 9.86 Å². The Balaban J connectivity index is 2.82. The van der Waals surface area contributed by atoms with Crippen LogP contribution in [0.4, 0.5) is 0 Å². The van der Waals surface area contributed by atoms with Gasteiger partial charge in [-0.05, 0) is 23.1 Å². The van der Waals surface area contributed by atoms with Crippen LogP contribution in [0.1, 0.15) is 15.9 Å². The Kier molecular flexibility index (Phi) is 3.63. The summed E-state index contributed by atoms with van der Waals surface area (Å²) in [5.74, 6) is -0.420. The maximum atomic E-state index is 11.9. The fourth-order valence-electron chi connectivity index (χ4n) is 1.88. The summed E-state index contributed by atoms with van der Waals surface area (Å²) >= 11 is 3.48. The van der Waals surface area contributed by atoms with E-state index < -0.39 is 5.97 Å². The van der Waals surface area contributed by atoms with Gasteiger partial charge in [-0.1, -0.05) is 53.4 Å². The van der Waals surface area contributed by atoms with Gasteiger partial charge in [0.05, 0.1) is 11.8 Å². The largest absolute Gasteiger partial charge is 0.432 e. The molecule has 0 heterocycles. The molecular weight excluding hydrogens is 292 g/mol. The highest BCUT2D eigenvalue weighted by Gasteiger charge is 2.14. The number of hydrogen-bond donors (Lipinski definition) is 0. The van der Waals surface area contributed by atoms with E-state index in [0.29, 0.717) is 5.56 Å². The van der Waals surface area contributed by atoms with E-state index in [2.05, 4.69) is 29.1 Å². The van der Waals surface area contributed by atoms with Gasteiger partial charge in [-0.25, -0.2) is 4.79 Å². The van der Waals surface area contributed by atoms with Gasteiger partial charge in [-0.3, -0.25) is 0 Å². The summed E-state index contributed by atoms with van der Waals surface area (Å²) in [4.78, 5) is 11.9. The van der Waals surface area contributed by atoms with Crippen LogP contribution in [0.3, 0.4) is 0 Å². The molecule has 2 rings (SSSR count). The minimum atomic E-state index is -0.420. The Bertz CT molecular complexity index is 644. The number of benzene rings is 2. The van der Waals surface area contributed by atoms with Crippen LogP contribution in [-0.2, 0) is 4.74 Å². The van der Waals surface area contributed by atoms with Gasteiger partial charge in [0.2, 0.25) is 0 Å². The van der Waals surface area contributed by atoms with Crippen LogP contribution in [0.2, 0.25) is 0 Å². The molecule has 2 aromatic carbocycles.